The van der Waals surface area contributed by atoms with Crippen LogP contribution in [0.5, 0.6) is 0 Å². The number of hydrogen-bond donors (Lipinski definition) is 1. The Bertz CT molecular complexity index is 1300. The zero-order valence-corrected chi connectivity index (χ0v) is 15.8. The van der Waals surface area contributed by atoms with Crippen molar-refractivity contribution >= 4 is 5.52 Å². The molecule has 2 N–H and O–H groups in total. The molecule has 5 heteroatoms. The van der Waals surface area contributed by atoms with Crippen LogP contribution < -0.4 is 11.3 Å². The van der Waals surface area contributed by atoms with E-state index >= 15 is 0 Å². The van der Waals surface area contributed by atoms with Gasteiger partial charge < -0.3 is 5.73 Å². The minimum absolute atomic E-state index is 0.324. The summed E-state index contributed by atoms with van der Waals surface area (Å²) in [5, 5.41) is 9.12. The number of pyridine rings is 2. The van der Waals surface area contributed by atoms with Crippen LogP contribution in [-0.2, 0) is 0 Å². The van der Waals surface area contributed by atoms with Crippen molar-refractivity contribution < 1.29 is 4.39 Å². The zero-order valence-electron chi connectivity index (χ0n) is 15.8. The molecule has 4 aromatic rings. The second-order valence-corrected chi connectivity index (χ2v) is 6.92. The normalized spacial score (nSPS) is 11.9. The number of nitrogens with two attached hydrogens (primary N) is 1. The first-order valence-electron chi connectivity index (χ1n) is 9.20. The predicted molar refractivity (Wildman–Crippen MR) is 112 cm³/mol. The summed E-state index contributed by atoms with van der Waals surface area (Å²) in [5.41, 5.74) is 10.5. The van der Waals surface area contributed by atoms with E-state index < -0.39 is 11.9 Å². The predicted octanol–water partition coefficient (Wildman–Crippen LogP) is 4.66. The topological polar surface area (TPSA) is 71.3 Å². The molecule has 0 bridgehead atoms. The molecule has 0 aliphatic carbocycles. The molecule has 2 aromatic carbocycles. The summed E-state index contributed by atoms with van der Waals surface area (Å²) in [6.45, 7) is 1.83. The molecule has 29 heavy (non-hydrogen) atoms. The van der Waals surface area contributed by atoms with Gasteiger partial charge in [-0.3, -0.25) is 9.20 Å². The second-order valence-electron chi connectivity index (χ2n) is 6.92. The number of rotatable bonds is 3. The molecule has 1 atom stereocenters. The fourth-order valence-electron chi connectivity index (χ4n) is 3.70. The summed E-state index contributed by atoms with van der Waals surface area (Å²) in [4.78, 5) is 13.4. The smallest absolute Gasteiger partial charge is 0.263 e. The summed E-state index contributed by atoms with van der Waals surface area (Å²) in [6, 6.07) is 20.9. The first kappa shape index (κ1) is 18.6. The fraction of sp³-hybridized carbons (Fsp3) is 0.0833. The molecule has 0 fully saturated rings. The lowest BCUT2D eigenvalue weighted by molar-refractivity contribution is 0.618. The Morgan fingerprint density at radius 1 is 0.966 bits per heavy atom. The van der Waals surface area contributed by atoms with Gasteiger partial charge in [-0.2, -0.15) is 5.26 Å². The lowest BCUT2D eigenvalue weighted by Crippen LogP contribution is -2.23. The van der Waals surface area contributed by atoms with Gasteiger partial charge in [0.15, 0.2) is 0 Å². The summed E-state index contributed by atoms with van der Waals surface area (Å²) in [7, 11) is 0. The lowest BCUT2D eigenvalue weighted by Gasteiger charge is -2.21. The van der Waals surface area contributed by atoms with Crippen molar-refractivity contribution in [3.63, 3.8) is 0 Å². The quantitative estimate of drug-likeness (QED) is 0.559. The highest BCUT2D eigenvalue weighted by molar-refractivity contribution is 5.89. The largest absolute Gasteiger partial charge is 0.324 e. The molecule has 2 heterocycles. The highest BCUT2D eigenvalue weighted by Gasteiger charge is 2.23. The van der Waals surface area contributed by atoms with Crippen LogP contribution in [-0.4, -0.2) is 4.40 Å². The Balaban J connectivity index is 2.21. The number of halogens is 1. The van der Waals surface area contributed by atoms with E-state index in [2.05, 4.69) is 6.07 Å². The van der Waals surface area contributed by atoms with Gasteiger partial charge in [0.05, 0.1) is 22.7 Å². The monoisotopic (exact) mass is 383 g/mol. The summed E-state index contributed by atoms with van der Waals surface area (Å²) < 4.78 is 15.4. The molecule has 4 rings (SSSR count). The van der Waals surface area contributed by atoms with Gasteiger partial charge in [0.1, 0.15) is 5.82 Å². The van der Waals surface area contributed by atoms with Crippen LogP contribution in [0.3, 0.4) is 0 Å². The Morgan fingerprint density at radius 2 is 1.62 bits per heavy atom. The molecule has 0 saturated carbocycles. The Hall–Kier alpha value is -3.75. The highest BCUT2D eigenvalue weighted by atomic mass is 19.1. The molecule has 0 spiro atoms. The van der Waals surface area contributed by atoms with Gasteiger partial charge in [0.25, 0.3) is 5.56 Å². The number of aromatic nitrogens is 1. The van der Waals surface area contributed by atoms with Gasteiger partial charge in [-0.05, 0) is 47.9 Å². The first-order chi connectivity index (χ1) is 14.0. The van der Waals surface area contributed by atoms with Crippen LogP contribution in [0.15, 0.2) is 77.7 Å². The standard InChI is InChI=1S/C24H18FN3O/c1-15(27)21-22(18-9-7-16(13-26)8-10-18)20-12-11-19(25)14-28(20)24(29)23(21)17-5-3-2-4-6-17/h2-12,14-15H,27H2,1H3. The maximum absolute atomic E-state index is 14.0. The van der Waals surface area contributed by atoms with E-state index in [1.807, 2.05) is 49.4 Å². The van der Waals surface area contributed by atoms with Crippen molar-refractivity contribution in [2.24, 2.45) is 5.73 Å². The van der Waals surface area contributed by atoms with E-state index in [-0.39, 0.29) is 5.56 Å². The first-order valence-corrected chi connectivity index (χ1v) is 9.20. The van der Waals surface area contributed by atoms with Gasteiger partial charge in [0.2, 0.25) is 0 Å². The third kappa shape index (κ3) is 3.20. The molecule has 0 aliphatic heterocycles. The lowest BCUT2D eigenvalue weighted by atomic mass is 9.88. The fourth-order valence-corrected chi connectivity index (χ4v) is 3.70. The molecule has 0 radical (unpaired) electrons. The molecule has 1 unspecified atom stereocenters. The third-order valence-corrected chi connectivity index (χ3v) is 4.96. The number of nitriles is 1. The molecule has 142 valence electrons. The van der Waals surface area contributed by atoms with E-state index in [9.17, 15) is 9.18 Å². The van der Waals surface area contributed by atoms with Gasteiger partial charge >= 0.3 is 0 Å². The minimum atomic E-state index is -0.502. The Kier molecular flexibility index (Phi) is 4.71. The molecule has 0 saturated heterocycles. The van der Waals surface area contributed by atoms with Crippen LogP contribution in [0, 0.1) is 17.1 Å². The van der Waals surface area contributed by atoms with Crippen molar-refractivity contribution in [1.82, 2.24) is 4.40 Å². The van der Waals surface area contributed by atoms with Crippen molar-refractivity contribution in [2.45, 2.75) is 13.0 Å². The summed E-state index contributed by atoms with van der Waals surface area (Å²) >= 11 is 0. The molecular weight excluding hydrogens is 365 g/mol. The minimum Gasteiger partial charge on any atom is -0.324 e. The molecule has 2 aromatic heterocycles. The van der Waals surface area contributed by atoms with Crippen molar-refractivity contribution in [1.29, 1.82) is 5.26 Å². The average molecular weight is 383 g/mol. The number of fused-ring (bicyclic) bond motifs is 1. The van der Waals surface area contributed by atoms with Crippen LogP contribution in [0.4, 0.5) is 4.39 Å². The van der Waals surface area contributed by atoms with E-state index in [4.69, 9.17) is 11.0 Å². The maximum Gasteiger partial charge on any atom is 0.263 e. The van der Waals surface area contributed by atoms with Crippen molar-refractivity contribution in [2.75, 3.05) is 0 Å². The van der Waals surface area contributed by atoms with Crippen molar-refractivity contribution in [3.8, 4) is 28.3 Å². The van der Waals surface area contributed by atoms with E-state index in [0.717, 1.165) is 16.7 Å². The molecule has 0 amide bonds. The second kappa shape index (κ2) is 7.34. The SMILES string of the molecule is CC(N)c1c(-c2ccccc2)c(=O)n2cc(F)ccc2c1-c1ccc(C#N)cc1. The van der Waals surface area contributed by atoms with Crippen LogP contribution >= 0.6 is 0 Å². The van der Waals surface area contributed by atoms with Gasteiger partial charge in [-0.25, -0.2) is 4.39 Å². The van der Waals surface area contributed by atoms with Gasteiger partial charge in [-0.15, -0.1) is 0 Å². The Labute approximate surface area is 167 Å². The number of nitrogens with zero attached hydrogens (tertiary/aromatic N) is 2. The third-order valence-electron chi connectivity index (χ3n) is 4.96. The molecular formula is C24H18FN3O. The van der Waals surface area contributed by atoms with E-state index in [1.54, 1.807) is 18.2 Å². The maximum atomic E-state index is 14.0. The number of hydrogen-bond acceptors (Lipinski definition) is 3. The van der Waals surface area contributed by atoms with Crippen LogP contribution in [0.25, 0.3) is 27.8 Å². The van der Waals surface area contributed by atoms with Crippen molar-refractivity contribution in [3.05, 3.63) is 100 Å². The van der Waals surface area contributed by atoms with Crippen LogP contribution in [0.1, 0.15) is 24.1 Å². The summed E-state index contributed by atoms with van der Waals surface area (Å²) in [6.07, 6.45) is 1.20. The molecule has 4 nitrogen and oxygen atoms in total. The zero-order chi connectivity index (χ0) is 20.5. The van der Waals surface area contributed by atoms with E-state index in [0.29, 0.717) is 22.2 Å². The van der Waals surface area contributed by atoms with Gasteiger partial charge in [0, 0.05) is 17.8 Å². The Morgan fingerprint density at radius 3 is 2.24 bits per heavy atom. The number of benzene rings is 2. The van der Waals surface area contributed by atoms with Gasteiger partial charge in [-0.1, -0.05) is 42.5 Å². The summed E-state index contributed by atoms with van der Waals surface area (Å²) in [5.74, 6) is -0.502. The van der Waals surface area contributed by atoms with E-state index in [1.165, 1.54) is 16.7 Å². The molecule has 0 aliphatic rings. The average Bonchev–Trinajstić information content (AvgIpc) is 2.74. The van der Waals surface area contributed by atoms with Crippen LogP contribution in [0.2, 0.25) is 0 Å². The highest BCUT2D eigenvalue weighted by Crippen LogP contribution is 2.36.